The Kier molecular flexibility index (Phi) is 4.25. The van der Waals surface area contributed by atoms with E-state index in [1.165, 1.54) is 11.3 Å². The van der Waals surface area contributed by atoms with Crippen LogP contribution in [-0.2, 0) is 4.74 Å². The van der Waals surface area contributed by atoms with Gasteiger partial charge in [-0.1, -0.05) is 26.0 Å². The lowest BCUT2D eigenvalue weighted by Crippen LogP contribution is -2.43. The highest BCUT2D eigenvalue weighted by Crippen LogP contribution is 2.24. The Bertz CT molecular complexity index is 373. The molecule has 0 spiro atoms. The van der Waals surface area contributed by atoms with E-state index < -0.39 is 0 Å². The summed E-state index contributed by atoms with van der Waals surface area (Å²) in [7, 11) is 4.11. The lowest BCUT2D eigenvalue weighted by Gasteiger charge is -2.34. The van der Waals surface area contributed by atoms with Gasteiger partial charge in [-0.2, -0.15) is 0 Å². The average molecular weight is 248 g/mol. The van der Waals surface area contributed by atoms with Gasteiger partial charge >= 0.3 is 0 Å². The van der Waals surface area contributed by atoms with Gasteiger partial charge in [-0.25, -0.2) is 0 Å². The van der Waals surface area contributed by atoms with E-state index in [0.29, 0.717) is 12.0 Å². The number of nitrogens with zero attached hydrogens (tertiary/aromatic N) is 1. The molecule has 1 heterocycles. The summed E-state index contributed by atoms with van der Waals surface area (Å²) in [6.07, 6.45) is 1.14. The number of ether oxygens (including phenoxy) is 1. The number of nitrogens with one attached hydrogen (secondary N) is 1. The van der Waals surface area contributed by atoms with Crippen LogP contribution in [0.25, 0.3) is 0 Å². The van der Waals surface area contributed by atoms with E-state index >= 15 is 0 Å². The third-order valence-electron chi connectivity index (χ3n) is 3.60. The molecule has 1 aliphatic heterocycles. The Balaban J connectivity index is 2.06. The van der Waals surface area contributed by atoms with Crippen molar-refractivity contribution in [2.45, 2.75) is 32.5 Å². The summed E-state index contributed by atoms with van der Waals surface area (Å²) >= 11 is 0. The van der Waals surface area contributed by atoms with Crippen LogP contribution in [0.1, 0.15) is 32.1 Å². The fourth-order valence-corrected chi connectivity index (χ4v) is 2.30. The third-order valence-corrected chi connectivity index (χ3v) is 3.60. The average Bonchev–Trinajstić information content (AvgIpc) is 2.39. The van der Waals surface area contributed by atoms with Crippen molar-refractivity contribution in [1.29, 1.82) is 0 Å². The Hall–Kier alpha value is -1.06. The highest BCUT2D eigenvalue weighted by atomic mass is 16.5. The van der Waals surface area contributed by atoms with Crippen LogP contribution < -0.4 is 10.2 Å². The molecular weight excluding hydrogens is 224 g/mol. The van der Waals surface area contributed by atoms with E-state index in [2.05, 4.69) is 62.4 Å². The minimum atomic E-state index is 0.0439. The van der Waals surface area contributed by atoms with E-state index in [0.717, 1.165) is 13.0 Å². The molecule has 0 radical (unpaired) electrons. The molecule has 0 bridgehead atoms. The molecule has 0 saturated carbocycles. The predicted octanol–water partition coefficient (Wildman–Crippen LogP) is 2.79. The van der Waals surface area contributed by atoms with E-state index in [1.807, 2.05) is 0 Å². The number of hydrogen-bond donors (Lipinski definition) is 1. The van der Waals surface area contributed by atoms with Crippen LogP contribution in [0.2, 0.25) is 0 Å². The number of rotatable bonds is 3. The topological polar surface area (TPSA) is 24.5 Å². The Morgan fingerprint density at radius 3 is 2.44 bits per heavy atom. The first-order chi connectivity index (χ1) is 8.58. The quantitative estimate of drug-likeness (QED) is 0.890. The molecule has 1 N–H and O–H groups in total. The zero-order valence-electron chi connectivity index (χ0n) is 11.8. The summed E-state index contributed by atoms with van der Waals surface area (Å²) in [5, 5.41) is 3.58. The maximum absolute atomic E-state index is 5.82. The maximum Gasteiger partial charge on any atom is 0.134 e. The SMILES string of the molecule is CC(C)[C@H]1CCO[C@@H](c2ccc(N(C)C)cc2)N1. The molecule has 1 aromatic carbocycles. The zero-order valence-corrected chi connectivity index (χ0v) is 11.8. The van der Waals surface area contributed by atoms with Gasteiger partial charge in [0.1, 0.15) is 6.23 Å². The molecule has 1 aromatic rings. The molecular formula is C15H24N2O. The van der Waals surface area contributed by atoms with E-state index in [9.17, 15) is 0 Å². The van der Waals surface area contributed by atoms with Crippen LogP contribution in [0.3, 0.4) is 0 Å². The lowest BCUT2D eigenvalue weighted by molar-refractivity contribution is -0.0278. The van der Waals surface area contributed by atoms with Crippen molar-refractivity contribution in [2.75, 3.05) is 25.6 Å². The molecule has 18 heavy (non-hydrogen) atoms. The second-order valence-corrected chi connectivity index (χ2v) is 5.54. The van der Waals surface area contributed by atoms with Crippen molar-refractivity contribution in [1.82, 2.24) is 5.32 Å². The Morgan fingerprint density at radius 1 is 1.22 bits per heavy atom. The summed E-state index contributed by atoms with van der Waals surface area (Å²) in [6, 6.07) is 9.13. The third kappa shape index (κ3) is 3.03. The summed E-state index contributed by atoms with van der Waals surface area (Å²) in [5.74, 6) is 0.650. The number of hydrogen-bond acceptors (Lipinski definition) is 3. The Labute approximate surface area is 110 Å². The second kappa shape index (κ2) is 5.72. The van der Waals surface area contributed by atoms with E-state index in [4.69, 9.17) is 4.74 Å². The zero-order chi connectivity index (χ0) is 13.1. The van der Waals surface area contributed by atoms with Gasteiger partial charge in [0.25, 0.3) is 0 Å². The highest BCUT2D eigenvalue weighted by Gasteiger charge is 2.24. The summed E-state index contributed by atoms with van der Waals surface area (Å²) in [6.45, 7) is 5.36. The van der Waals surface area contributed by atoms with Gasteiger partial charge in [0.05, 0.1) is 6.61 Å². The van der Waals surface area contributed by atoms with Gasteiger partial charge in [-0.15, -0.1) is 0 Å². The first kappa shape index (κ1) is 13.4. The molecule has 1 saturated heterocycles. The van der Waals surface area contributed by atoms with Crippen LogP contribution in [0.5, 0.6) is 0 Å². The molecule has 3 heteroatoms. The van der Waals surface area contributed by atoms with Gasteiger partial charge in [0.2, 0.25) is 0 Å². The summed E-state index contributed by atoms with van der Waals surface area (Å²) in [5.41, 5.74) is 2.43. The van der Waals surface area contributed by atoms with Crippen LogP contribution in [-0.4, -0.2) is 26.7 Å². The van der Waals surface area contributed by atoms with Gasteiger partial charge in [0, 0.05) is 25.8 Å². The van der Waals surface area contributed by atoms with Crippen LogP contribution in [0.15, 0.2) is 24.3 Å². The van der Waals surface area contributed by atoms with E-state index in [1.54, 1.807) is 0 Å². The minimum Gasteiger partial charge on any atom is -0.378 e. The van der Waals surface area contributed by atoms with Gasteiger partial charge in [0.15, 0.2) is 0 Å². The van der Waals surface area contributed by atoms with Crippen LogP contribution in [0.4, 0.5) is 5.69 Å². The van der Waals surface area contributed by atoms with Crippen molar-refractivity contribution in [3.63, 3.8) is 0 Å². The van der Waals surface area contributed by atoms with Crippen molar-refractivity contribution in [3.05, 3.63) is 29.8 Å². The minimum absolute atomic E-state index is 0.0439. The molecule has 2 atom stereocenters. The predicted molar refractivity (Wildman–Crippen MR) is 75.8 cm³/mol. The van der Waals surface area contributed by atoms with Crippen molar-refractivity contribution in [2.24, 2.45) is 5.92 Å². The monoisotopic (exact) mass is 248 g/mol. The largest absolute Gasteiger partial charge is 0.378 e. The molecule has 0 aliphatic carbocycles. The Morgan fingerprint density at radius 2 is 1.89 bits per heavy atom. The fourth-order valence-electron chi connectivity index (χ4n) is 2.30. The second-order valence-electron chi connectivity index (χ2n) is 5.54. The number of anilines is 1. The first-order valence-corrected chi connectivity index (χ1v) is 6.73. The molecule has 1 fully saturated rings. The molecule has 3 nitrogen and oxygen atoms in total. The van der Waals surface area contributed by atoms with Gasteiger partial charge in [-0.3, -0.25) is 5.32 Å². The molecule has 2 rings (SSSR count). The van der Waals surface area contributed by atoms with Crippen molar-refractivity contribution >= 4 is 5.69 Å². The normalized spacial score (nSPS) is 24.3. The molecule has 0 aromatic heterocycles. The molecule has 100 valence electrons. The van der Waals surface area contributed by atoms with Crippen LogP contribution >= 0.6 is 0 Å². The summed E-state index contributed by atoms with van der Waals surface area (Å²) in [4.78, 5) is 2.11. The van der Waals surface area contributed by atoms with Crippen molar-refractivity contribution in [3.8, 4) is 0 Å². The first-order valence-electron chi connectivity index (χ1n) is 6.73. The molecule has 0 amide bonds. The lowest BCUT2D eigenvalue weighted by atomic mass is 9.99. The van der Waals surface area contributed by atoms with Gasteiger partial charge in [-0.05, 0) is 30.0 Å². The molecule has 1 aliphatic rings. The van der Waals surface area contributed by atoms with E-state index in [-0.39, 0.29) is 6.23 Å². The maximum atomic E-state index is 5.82. The number of benzene rings is 1. The smallest absolute Gasteiger partial charge is 0.134 e. The van der Waals surface area contributed by atoms with Crippen molar-refractivity contribution < 1.29 is 4.74 Å². The fraction of sp³-hybridized carbons (Fsp3) is 0.600. The molecule has 0 unspecified atom stereocenters. The summed E-state index contributed by atoms with van der Waals surface area (Å²) < 4.78 is 5.82. The standard InChI is InChI=1S/C15H24N2O/c1-11(2)14-9-10-18-15(16-14)12-5-7-13(8-6-12)17(3)4/h5-8,11,14-16H,9-10H2,1-4H3/t14-,15+/m1/s1. The van der Waals surface area contributed by atoms with Gasteiger partial charge < -0.3 is 9.64 Å². The van der Waals surface area contributed by atoms with Crippen LogP contribution in [0, 0.1) is 5.92 Å². The highest BCUT2D eigenvalue weighted by molar-refractivity contribution is 5.46.